The van der Waals surface area contributed by atoms with Gasteiger partial charge in [-0.2, -0.15) is 0 Å². The fraction of sp³-hybridized carbons (Fsp3) is 0.667. The third-order valence-corrected chi connectivity index (χ3v) is 6.81. The van der Waals surface area contributed by atoms with Crippen molar-refractivity contribution in [3.63, 3.8) is 0 Å². The third kappa shape index (κ3) is 2.34. The van der Waals surface area contributed by atoms with E-state index in [0.29, 0.717) is 10.3 Å². The number of hydrogen-bond donors (Lipinski definition) is 1. The lowest BCUT2D eigenvalue weighted by atomic mass is 10.00. The van der Waals surface area contributed by atoms with E-state index in [1.54, 1.807) is 17.5 Å². The minimum Gasteiger partial charge on any atom is -0.299 e. The van der Waals surface area contributed by atoms with Crippen LogP contribution >= 0.6 is 11.3 Å². The summed E-state index contributed by atoms with van der Waals surface area (Å²) in [5.41, 5.74) is 0. The van der Waals surface area contributed by atoms with Crippen molar-refractivity contribution in [1.29, 1.82) is 0 Å². The quantitative estimate of drug-likeness (QED) is 0.919. The summed E-state index contributed by atoms with van der Waals surface area (Å²) in [5, 5.41) is 1.80. The van der Waals surface area contributed by atoms with E-state index < -0.39 is 10.0 Å². The van der Waals surface area contributed by atoms with E-state index in [0.717, 1.165) is 25.9 Å². The molecule has 2 atom stereocenters. The van der Waals surface area contributed by atoms with E-state index in [1.807, 2.05) is 0 Å². The fourth-order valence-electron chi connectivity index (χ4n) is 3.06. The molecule has 100 valence electrons. The van der Waals surface area contributed by atoms with Crippen molar-refractivity contribution in [3.8, 4) is 0 Å². The molecule has 2 fully saturated rings. The van der Waals surface area contributed by atoms with Gasteiger partial charge in [0.2, 0.25) is 10.0 Å². The van der Waals surface area contributed by atoms with E-state index in [-0.39, 0.29) is 6.04 Å². The lowest BCUT2D eigenvalue weighted by Gasteiger charge is -2.32. The molecule has 6 heteroatoms. The van der Waals surface area contributed by atoms with Crippen molar-refractivity contribution < 1.29 is 8.42 Å². The Balaban J connectivity index is 1.73. The highest BCUT2D eigenvalue weighted by Gasteiger charge is 2.37. The fourth-order valence-corrected chi connectivity index (χ4v) is 5.37. The summed E-state index contributed by atoms with van der Waals surface area (Å²) in [6.07, 6.45) is 4.53. The van der Waals surface area contributed by atoms with Crippen LogP contribution < -0.4 is 4.72 Å². The first-order valence-corrected chi connectivity index (χ1v) is 8.83. The summed E-state index contributed by atoms with van der Waals surface area (Å²) in [6.45, 7) is 2.16. The SMILES string of the molecule is O=S(=O)(N[C@H]1CCN2CCCC[C@@H]12)c1cccs1. The zero-order chi connectivity index (χ0) is 12.6. The Hall–Kier alpha value is -0.430. The van der Waals surface area contributed by atoms with Gasteiger partial charge in [-0.25, -0.2) is 13.1 Å². The summed E-state index contributed by atoms with van der Waals surface area (Å²) in [5.74, 6) is 0. The van der Waals surface area contributed by atoms with Crippen LogP contribution in [0.3, 0.4) is 0 Å². The van der Waals surface area contributed by atoms with Gasteiger partial charge < -0.3 is 0 Å². The molecule has 2 saturated heterocycles. The topological polar surface area (TPSA) is 49.4 Å². The van der Waals surface area contributed by atoms with E-state index in [4.69, 9.17) is 0 Å². The number of nitrogens with zero attached hydrogens (tertiary/aromatic N) is 1. The molecule has 0 amide bonds. The molecule has 0 bridgehead atoms. The van der Waals surface area contributed by atoms with Gasteiger partial charge in [-0.15, -0.1) is 11.3 Å². The van der Waals surface area contributed by atoms with Gasteiger partial charge in [-0.3, -0.25) is 4.90 Å². The molecule has 1 aromatic rings. The maximum Gasteiger partial charge on any atom is 0.250 e. The summed E-state index contributed by atoms with van der Waals surface area (Å²) < 4.78 is 27.7. The number of thiophene rings is 1. The number of sulfonamides is 1. The average Bonchev–Trinajstić information content (AvgIpc) is 2.99. The molecule has 0 aromatic carbocycles. The smallest absolute Gasteiger partial charge is 0.250 e. The molecule has 0 spiro atoms. The van der Waals surface area contributed by atoms with Crippen molar-refractivity contribution in [3.05, 3.63) is 17.5 Å². The van der Waals surface area contributed by atoms with E-state index in [9.17, 15) is 8.42 Å². The highest BCUT2D eigenvalue weighted by atomic mass is 32.2. The molecule has 1 aromatic heterocycles. The van der Waals surface area contributed by atoms with Crippen LogP contribution in [0.15, 0.2) is 21.7 Å². The second-order valence-electron chi connectivity index (χ2n) is 5.05. The Morgan fingerprint density at radius 2 is 2.17 bits per heavy atom. The van der Waals surface area contributed by atoms with Crippen molar-refractivity contribution in [2.45, 2.75) is 42.0 Å². The van der Waals surface area contributed by atoms with Gasteiger partial charge in [-0.1, -0.05) is 12.5 Å². The standard InChI is InChI=1S/C12H18N2O2S2/c15-18(16,12-5-3-9-17-12)13-10-6-8-14-7-2-1-4-11(10)14/h3,5,9-11,13H,1-2,4,6-8H2/t10-,11-/m0/s1. The first-order valence-electron chi connectivity index (χ1n) is 6.47. The second-order valence-corrected chi connectivity index (χ2v) is 7.94. The average molecular weight is 286 g/mol. The Morgan fingerprint density at radius 3 is 2.94 bits per heavy atom. The van der Waals surface area contributed by atoms with Crippen LogP contribution in [0.5, 0.6) is 0 Å². The predicted octanol–water partition coefficient (Wildman–Crippen LogP) is 1.65. The van der Waals surface area contributed by atoms with Gasteiger partial charge >= 0.3 is 0 Å². The summed E-state index contributed by atoms with van der Waals surface area (Å²) in [4.78, 5) is 2.44. The lowest BCUT2D eigenvalue weighted by Crippen LogP contribution is -2.46. The highest BCUT2D eigenvalue weighted by molar-refractivity contribution is 7.91. The van der Waals surface area contributed by atoms with Gasteiger partial charge in [0.15, 0.2) is 0 Å². The van der Waals surface area contributed by atoms with E-state index in [1.165, 1.54) is 24.2 Å². The third-order valence-electron chi connectivity index (χ3n) is 3.92. The van der Waals surface area contributed by atoms with Crippen LogP contribution in [0.25, 0.3) is 0 Å². The van der Waals surface area contributed by atoms with Gasteiger partial charge in [-0.05, 0) is 37.3 Å². The van der Waals surface area contributed by atoms with Crippen molar-refractivity contribution >= 4 is 21.4 Å². The second kappa shape index (κ2) is 4.92. The van der Waals surface area contributed by atoms with Crippen LogP contribution in [0.4, 0.5) is 0 Å². The molecule has 0 saturated carbocycles. The van der Waals surface area contributed by atoms with Crippen molar-refractivity contribution in [1.82, 2.24) is 9.62 Å². The number of piperidine rings is 1. The monoisotopic (exact) mass is 286 g/mol. The largest absolute Gasteiger partial charge is 0.299 e. The predicted molar refractivity (Wildman–Crippen MR) is 72.3 cm³/mol. The van der Waals surface area contributed by atoms with Crippen LogP contribution in [-0.4, -0.2) is 38.5 Å². The number of rotatable bonds is 3. The molecule has 3 rings (SSSR count). The first kappa shape index (κ1) is 12.6. The van der Waals surface area contributed by atoms with Crippen molar-refractivity contribution in [2.24, 2.45) is 0 Å². The molecule has 0 radical (unpaired) electrons. The van der Waals surface area contributed by atoms with Gasteiger partial charge in [0.1, 0.15) is 4.21 Å². The Labute approximate surface area is 112 Å². The van der Waals surface area contributed by atoms with E-state index in [2.05, 4.69) is 9.62 Å². The molecule has 18 heavy (non-hydrogen) atoms. The molecule has 2 aliphatic heterocycles. The Morgan fingerprint density at radius 1 is 1.28 bits per heavy atom. The minimum atomic E-state index is -3.31. The lowest BCUT2D eigenvalue weighted by molar-refractivity contribution is 0.186. The molecule has 3 heterocycles. The first-order chi connectivity index (χ1) is 8.67. The number of fused-ring (bicyclic) bond motifs is 1. The minimum absolute atomic E-state index is 0.0948. The summed E-state index contributed by atoms with van der Waals surface area (Å²) in [6, 6.07) is 3.95. The highest BCUT2D eigenvalue weighted by Crippen LogP contribution is 2.28. The molecular weight excluding hydrogens is 268 g/mol. The van der Waals surface area contributed by atoms with Crippen LogP contribution in [0, 0.1) is 0 Å². The number of hydrogen-bond acceptors (Lipinski definition) is 4. The van der Waals surface area contributed by atoms with Gasteiger partial charge in [0.25, 0.3) is 0 Å². The van der Waals surface area contributed by atoms with E-state index >= 15 is 0 Å². The molecule has 4 nitrogen and oxygen atoms in total. The maximum absolute atomic E-state index is 12.2. The molecule has 0 unspecified atom stereocenters. The Bertz CT molecular complexity index is 498. The van der Waals surface area contributed by atoms with Crippen LogP contribution in [-0.2, 0) is 10.0 Å². The summed E-state index contributed by atoms with van der Waals surface area (Å²) in [7, 11) is -3.31. The van der Waals surface area contributed by atoms with Crippen LogP contribution in [0.1, 0.15) is 25.7 Å². The maximum atomic E-state index is 12.2. The Kier molecular flexibility index (Phi) is 3.44. The van der Waals surface area contributed by atoms with Gasteiger partial charge in [0, 0.05) is 18.6 Å². The van der Waals surface area contributed by atoms with Crippen molar-refractivity contribution in [2.75, 3.05) is 13.1 Å². The zero-order valence-electron chi connectivity index (χ0n) is 10.2. The molecule has 1 N–H and O–H groups in total. The summed E-state index contributed by atoms with van der Waals surface area (Å²) >= 11 is 1.28. The molecule has 0 aliphatic carbocycles. The molecular formula is C12H18N2O2S2. The zero-order valence-corrected chi connectivity index (χ0v) is 11.8. The van der Waals surface area contributed by atoms with Crippen LogP contribution in [0.2, 0.25) is 0 Å². The normalized spacial score (nSPS) is 29.3. The number of nitrogens with one attached hydrogen (secondary N) is 1. The van der Waals surface area contributed by atoms with Gasteiger partial charge in [0.05, 0.1) is 0 Å². The molecule has 2 aliphatic rings.